The topological polar surface area (TPSA) is 38.0 Å². The Morgan fingerprint density at radius 1 is 0.909 bits per heavy atom. The second-order valence-corrected chi connectivity index (χ2v) is 16.5. The predicted molar refractivity (Wildman–Crippen MR) is 106 cm³/mol. The molecule has 22 heavy (non-hydrogen) atoms. The molecule has 118 valence electrons. The maximum absolute atomic E-state index is 5.68. The first-order valence-corrected chi connectivity index (χ1v) is 14.9. The van der Waals surface area contributed by atoms with Crippen molar-refractivity contribution < 1.29 is 0 Å². The van der Waals surface area contributed by atoms with Crippen molar-refractivity contribution in [3.05, 3.63) is 54.6 Å². The van der Waals surface area contributed by atoms with Crippen molar-refractivity contribution in [1.29, 1.82) is 0 Å². The minimum atomic E-state index is -1.08. The zero-order chi connectivity index (χ0) is 15.6. The van der Waals surface area contributed by atoms with Gasteiger partial charge in [0.15, 0.2) is 0 Å². The van der Waals surface area contributed by atoms with Crippen LogP contribution in [0.15, 0.2) is 54.6 Å². The van der Waals surface area contributed by atoms with Crippen LogP contribution in [0.3, 0.4) is 0 Å². The van der Waals surface area contributed by atoms with Crippen LogP contribution < -0.4 is 15.4 Å². The first kappa shape index (κ1) is 17.8. The fourth-order valence-electron chi connectivity index (χ4n) is 1.85. The van der Waals surface area contributed by atoms with E-state index in [-0.39, 0.29) is 0 Å². The summed E-state index contributed by atoms with van der Waals surface area (Å²) in [6.07, 6.45) is 1.24. The molecule has 2 aromatic rings. The monoisotopic (exact) mass is 394 g/mol. The van der Waals surface area contributed by atoms with Crippen molar-refractivity contribution in [3.8, 4) is 0 Å². The van der Waals surface area contributed by atoms with Gasteiger partial charge >= 0.3 is 145 Å². The second kappa shape index (κ2) is 10.3. The Bertz CT molecular complexity index is 526. The zero-order valence-electron chi connectivity index (χ0n) is 12.9. The number of para-hydroxylation sites is 1. The molecule has 2 nitrogen and oxygen atoms in total. The molecule has 0 saturated heterocycles. The van der Waals surface area contributed by atoms with E-state index in [1.807, 2.05) is 18.2 Å². The van der Waals surface area contributed by atoms with E-state index in [9.17, 15) is 0 Å². The van der Waals surface area contributed by atoms with Crippen LogP contribution in [0.1, 0.15) is 13.3 Å². The average molecular weight is 394 g/mol. The summed E-state index contributed by atoms with van der Waals surface area (Å²) in [6, 6.07) is 19.3. The van der Waals surface area contributed by atoms with Crippen LogP contribution in [0.5, 0.6) is 0 Å². The molecule has 1 atom stereocenters. The number of hydrogen-bond acceptors (Lipinski definition) is 4. The summed E-state index contributed by atoms with van der Waals surface area (Å²) in [6.45, 7) is 3.02. The van der Waals surface area contributed by atoms with Gasteiger partial charge < -0.3 is 0 Å². The van der Waals surface area contributed by atoms with Gasteiger partial charge in [0.2, 0.25) is 0 Å². The summed E-state index contributed by atoms with van der Waals surface area (Å²) >= 11 is -1.08. The molecule has 0 aromatic heterocycles. The van der Waals surface area contributed by atoms with Crippen molar-refractivity contribution in [2.24, 2.45) is 5.73 Å². The Balaban J connectivity index is 2.01. The van der Waals surface area contributed by atoms with Crippen LogP contribution >= 0.6 is 20.0 Å². The minimum absolute atomic E-state index is 0.774. The number of nitrogens with one attached hydrogen (secondary N) is 1. The summed E-state index contributed by atoms with van der Waals surface area (Å²) in [5, 5.41) is 3.44. The van der Waals surface area contributed by atoms with Crippen molar-refractivity contribution in [3.63, 3.8) is 0 Å². The van der Waals surface area contributed by atoms with Gasteiger partial charge in [-0.3, -0.25) is 0 Å². The Morgan fingerprint density at radius 3 is 2.18 bits per heavy atom. The standard InChI is InChI=1S/C17H23AsN2S2/c1-2-13-21-18(22-14-12-19)15-8-10-17(11-9-15)20-16-6-4-3-5-7-16/h3-11,20H,2,12-14,19H2,1H3. The van der Waals surface area contributed by atoms with Crippen LogP contribution in [0.25, 0.3) is 0 Å². The Kier molecular flexibility index (Phi) is 8.32. The third-order valence-electron chi connectivity index (χ3n) is 2.88. The Labute approximate surface area is 144 Å². The molecule has 0 heterocycles. The summed E-state index contributed by atoms with van der Waals surface area (Å²) in [5.41, 5.74) is 7.95. The first-order chi connectivity index (χ1) is 10.8. The average Bonchev–Trinajstić information content (AvgIpc) is 2.57. The molecule has 0 fully saturated rings. The maximum atomic E-state index is 5.68. The van der Waals surface area contributed by atoms with Gasteiger partial charge in [0.1, 0.15) is 0 Å². The second-order valence-electron chi connectivity index (χ2n) is 4.75. The van der Waals surface area contributed by atoms with Gasteiger partial charge in [-0.25, -0.2) is 0 Å². The third-order valence-corrected chi connectivity index (χ3v) is 16.6. The molecule has 0 radical (unpaired) electrons. The van der Waals surface area contributed by atoms with Crippen LogP contribution in [-0.4, -0.2) is 30.4 Å². The molecule has 3 N–H and O–H groups in total. The van der Waals surface area contributed by atoms with Crippen LogP contribution in [-0.2, 0) is 0 Å². The summed E-state index contributed by atoms with van der Waals surface area (Å²) < 4.78 is 1.52. The van der Waals surface area contributed by atoms with Crippen molar-refractivity contribution in [2.75, 3.05) is 23.4 Å². The van der Waals surface area contributed by atoms with Crippen molar-refractivity contribution in [2.45, 2.75) is 13.3 Å². The first-order valence-electron chi connectivity index (χ1n) is 7.51. The van der Waals surface area contributed by atoms with Crippen molar-refractivity contribution >= 4 is 48.1 Å². The van der Waals surface area contributed by atoms with Gasteiger partial charge in [-0.15, -0.1) is 0 Å². The molecule has 0 saturated carbocycles. The Morgan fingerprint density at radius 2 is 1.55 bits per heavy atom. The molecule has 0 aliphatic rings. The van der Waals surface area contributed by atoms with E-state index in [1.165, 1.54) is 16.5 Å². The molecule has 0 bridgehead atoms. The van der Waals surface area contributed by atoms with Gasteiger partial charge in [0, 0.05) is 0 Å². The van der Waals surface area contributed by atoms with E-state index in [0.29, 0.717) is 0 Å². The normalized spacial score (nSPS) is 12.1. The third kappa shape index (κ3) is 5.92. The molecule has 0 aliphatic carbocycles. The molecule has 0 spiro atoms. The molecule has 1 unspecified atom stereocenters. The quantitative estimate of drug-likeness (QED) is 0.632. The molecule has 0 amide bonds. The van der Waals surface area contributed by atoms with Crippen molar-refractivity contribution in [1.82, 2.24) is 0 Å². The molecule has 0 aliphatic heterocycles. The number of nitrogens with two attached hydrogens (primary N) is 1. The number of benzene rings is 2. The summed E-state index contributed by atoms with van der Waals surface area (Å²) in [4.78, 5) is 0. The van der Waals surface area contributed by atoms with E-state index >= 15 is 0 Å². The Hall–Kier alpha value is -0.542. The fourth-order valence-corrected chi connectivity index (χ4v) is 14.7. The molecule has 5 heteroatoms. The van der Waals surface area contributed by atoms with Gasteiger partial charge in [-0.05, 0) is 0 Å². The molecular weight excluding hydrogens is 371 g/mol. The van der Waals surface area contributed by atoms with Gasteiger partial charge in [0.25, 0.3) is 0 Å². The molecular formula is C17H23AsN2S2. The SMILES string of the molecule is CCCS[As](SCCN)c1ccc(Nc2ccccc2)cc1. The number of hydrogen-bond donors (Lipinski definition) is 2. The zero-order valence-corrected chi connectivity index (χ0v) is 16.4. The van der Waals surface area contributed by atoms with E-state index in [4.69, 9.17) is 5.73 Å². The molecule has 2 aromatic carbocycles. The van der Waals surface area contributed by atoms with E-state index in [1.54, 1.807) is 0 Å². The summed E-state index contributed by atoms with van der Waals surface area (Å²) in [7, 11) is 4.25. The van der Waals surface area contributed by atoms with Gasteiger partial charge in [0.05, 0.1) is 0 Å². The van der Waals surface area contributed by atoms with Crippen LogP contribution in [0, 0.1) is 0 Å². The van der Waals surface area contributed by atoms with Crippen LogP contribution in [0.4, 0.5) is 11.4 Å². The number of rotatable bonds is 9. The number of anilines is 2. The van der Waals surface area contributed by atoms with E-state index < -0.39 is 12.3 Å². The van der Waals surface area contributed by atoms with Crippen LogP contribution in [0.2, 0.25) is 0 Å². The van der Waals surface area contributed by atoms with E-state index in [0.717, 1.165) is 23.7 Å². The summed E-state index contributed by atoms with van der Waals surface area (Å²) in [5.74, 6) is 2.32. The van der Waals surface area contributed by atoms with Gasteiger partial charge in [-0.1, -0.05) is 0 Å². The van der Waals surface area contributed by atoms with E-state index in [2.05, 4.69) is 68.7 Å². The molecule has 2 rings (SSSR count). The fraction of sp³-hybridized carbons (Fsp3) is 0.294. The predicted octanol–water partition coefficient (Wildman–Crippen LogP) is 3.96. The van der Waals surface area contributed by atoms with Gasteiger partial charge in [-0.2, -0.15) is 0 Å².